The smallest absolute Gasteiger partial charge is 0.325 e. The Balaban J connectivity index is 2.30. The molecule has 1 aromatic carbocycles. The van der Waals surface area contributed by atoms with Crippen molar-refractivity contribution in [1.82, 2.24) is 10.2 Å². The van der Waals surface area contributed by atoms with Gasteiger partial charge in [-0.1, -0.05) is 12.7 Å². The van der Waals surface area contributed by atoms with Crippen LogP contribution in [-0.2, 0) is 14.3 Å². The number of methoxy groups -OCH3 is 2. The van der Waals surface area contributed by atoms with E-state index in [-0.39, 0.29) is 17.4 Å². The molecule has 1 amide bonds. The van der Waals surface area contributed by atoms with E-state index in [9.17, 15) is 9.59 Å². The first-order valence-electron chi connectivity index (χ1n) is 7.43. The lowest BCUT2D eigenvalue weighted by Gasteiger charge is -2.12. The van der Waals surface area contributed by atoms with Gasteiger partial charge in [0.15, 0.2) is 16.6 Å². The van der Waals surface area contributed by atoms with Gasteiger partial charge in [0.05, 0.1) is 18.7 Å². The number of halogens is 1. The van der Waals surface area contributed by atoms with E-state index in [1.807, 2.05) is 0 Å². The molecule has 0 aliphatic carbocycles. The van der Waals surface area contributed by atoms with Crippen molar-refractivity contribution < 1.29 is 23.8 Å². The van der Waals surface area contributed by atoms with E-state index >= 15 is 0 Å². The molecule has 0 aromatic heterocycles. The summed E-state index contributed by atoms with van der Waals surface area (Å²) < 4.78 is 16.1. The average Bonchev–Trinajstić information content (AvgIpc) is 2.87. The van der Waals surface area contributed by atoms with Crippen LogP contribution in [-0.4, -0.2) is 49.3 Å². The molecule has 1 aliphatic rings. The van der Waals surface area contributed by atoms with Crippen LogP contribution in [0.5, 0.6) is 11.5 Å². The fourth-order valence-corrected chi connectivity index (χ4v) is 3.01. The van der Waals surface area contributed by atoms with Gasteiger partial charge in [-0.2, -0.15) is 0 Å². The van der Waals surface area contributed by atoms with Gasteiger partial charge >= 0.3 is 5.97 Å². The number of nitrogens with one attached hydrogen (secondary N) is 1. The van der Waals surface area contributed by atoms with Crippen LogP contribution in [0.1, 0.15) is 5.56 Å². The van der Waals surface area contributed by atoms with Crippen molar-refractivity contribution in [3.8, 4) is 11.5 Å². The molecule has 0 radical (unpaired) electrons. The second-order valence-electron chi connectivity index (χ2n) is 5.09. The maximum absolute atomic E-state index is 12.4. The summed E-state index contributed by atoms with van der Waals surface area (Å²) in [6, 6.07) is 3.49. The Kier molecular flexibility index (Phi) is 6.76. The van der Waals surface area contributed by atoms with E-state index in [0.717, 1.165) is 4.90 Å². The third-order valence-corrected chi connectivity index (χ3v) is 4.30. The van der Waals surface area contributed by atoms with Crippen molar-refractivity contribution in [3.05, 3.63) is 40.5 Å². The number of nitrogens with zero attached hydrogens (tertiary/aromatic N) is 1. The number of esters is 1. The van der Waals surface area contributed by atoms with Crippen molar-refractivity contribution >= 4 is 51.2 Å². The minimum atomic E-state index is -0.558. The monoisotopic (exact) mass is 440 g/mol. The summed E-state index contributed by atoms with van der Waals surface area (Å²) >= 11 is 8.53. The van der Waals surface area contributed by atoms with Gasteiger partial charge in [-0.3, -0.25) is 14.5 Å². The van der Waals surface area contributed by atoms with Gasteiger partial charge in [0, 0.05) is 0 Å². The summed E-state index contributed by atoms with van der Waals surface area (Å²) in [6.07, 6.45) is 3.23. The zero-order valence-electron chi connectivity index (χ0n) is 14.2. The maximum Gasteiger partial charge on any atom is 0.325 e. The molecule has 1 saturated heterocycles. The molecule has 0 spiro atoms. The molecule has 0 saturated carbocycles. The highest BCUT2D eigenvalue weighted by Gasteiger charge is 2.32. The molecule has 0 bridgehead atoms. The van der Waals surface area contributed by atoms with Gasteiger partial charge in [0.2, 0.25) is 0 Å². The van der Waals surface area contributed by atoms with Crippen molar-refractivity contribution in [2.75, 3.05) is 27.4 Å². The van der Waals surface area contributed by atoms with Gasteiger partial charge in [-0.15, -0.1) is 0 Å². The molecule has 1 N–H and O–H groups in total. The maximum atomic E-state index is 12.4. The van der Waals surface area contributed by atoms with Gasteiger partial charge in [-0.05, 0) is 51.9 Å². The first-order chi connectivity index (χ1) is 12.4. The number of rotatable bonds is 7. The van der Waals surface area contributed by atoms with Crippen LogP contribution < -0.4 is 14.8 Å². The van der Waals surface area contributed by atoms with E-state index in [1.165, 1.54) is 14.2 Å². The third-order valence-electron chi connectivity index (χ3n) is 3.39. The third kappa shape index (κ3) is 4.41. The second-order valence-corrected chi connectivity index (χ2v) is 6.33. The van der Waals surface area contributed by atoms with E-state index < -0.39 is 11.9 Å². The zero-order valence-corrected chi connectivity index (χ0v) is 16.6. The summed E-state index contributed by atoms with van der Waals surface area (Å²) in [5.74, 6) is 0.0509. The van der Waals surface area contributed by atoms with Crippen LogP contribution >= 0.6 is 28.1 Å². The molecule has 1 fully saturated rings. The lowest BCUT2D eigenvalue weighted by molar-refractivity contribution is -0.143. The van der Waals surface area contributed by atoms with Crippen molar-refractivity contribution in [1.29, 1.82) is 0 Å². The molecule has 1 aliphatic heterocycles. The molecule has 138 valence electrons. The molecule has 2 rings (SSSR count). The molecule has 7 nitrogen and oxygen atoms in total. The Morgan fingerprint density at radius 3 is 2.77 bits per heavy atom. The van der Waals surface area contributed by atoms with E-state index in [1.54, 1.807) is 24.3 Å². The molecule has 9 heteroatoms. The van der Waals surface area contributed by atoms with Crippen LogP contribution in [0.25, 0.3) is 6.08 Å². The van der Waals surface area contributed by atoms with Crippen LogP contribution in [0.15, 0.2) is 35.0 Å². The van der Waals surface area contributed by atoms with Gasteiger partial charge in [0.25, 0.3) is 5.91 Å². The molecule has 1 aromatic rings. The predicted octanol–water partition coefficient (Wildman–Crippen LogP) is 2.25. The van der Waals surface area contributed by atoms with Crippen molar-refractivity contribution in [3.63, 3.8) is 0 Å². The van der Waals surface area contributed by atoms with E-state index in [0.29, 0.717) is 28.1 Å². The molecular formula is C17H17BrN2O5S. The standard InChI is InChI=1S/C17H17BrN2O5S/c1-4-5-25-15-11(18)6-10(8-13(15)23-2)7-12-16(22)20(17(26)19-12)9-14(21)24-3/h4,6-8H,1,5,9H2,2-3H3,(H,19,26)/b12-7-. The van der Waals surface area contributed by atoms with Gasteiger partial charge in [0.1, 0.15) is 18.8 Å². The van der Waals surface area contributed by atoms with Crippen LogP contribution in [0, 0.1) is 0 Å². The Bertz CT molecular complexity index is 794. The van der Waals surface area contributed by atoms with Crippen molar-refractivity contribution in [2.24, 2.45) is 0 Å². The molecule has 0 unspecified atom stereocenters. The van der Waals surface area contributed by atoms with Gasteiger partial charge < -0.3 is 19.5 Å². The highest BCUT2D eigenvalue weighted by atomic mass is 79.9. The molecule has 0 atom stereocenters. The summed E-state index contributed by atoms with van der Waals surface area (Å²) in [5.41, 5.74) is 0.922. The largest absolute Gasteiger partial charge is 0.493 e. The fourth-order valence-electron chi connectivity index (χ4n) is 2.18. The lowest BCUT2D eigenvalue weighted by Crippen LogP contribution is -2.35. The summed E-state index contributed by atoms with van der Waals surface area (Å²) in [4.78, 5) is 25.0. The molecule has 26 heavy (non-hydrogen) atoms. The predicted molar refractivity (Wildman–Crippen MR) is 104 cm³/mol. The van der Waals surface area contributed by atoms with Crippen LogP contribution in [0.2, 0.25) is 0 Å². The number of carbonyl (C=O) groups is 2. The quantitative estimate of drug-likeness (QED) is 0.301. The highest BCUT2D eigenvalue weighted by molar-refractivity contribution is 9.10. The Labute approximate surface area is 164 Å². The SMILES string of the molecule is C=CCOc1c(Br)cc(/C=C2\NC(=S)N(CC(=O)OC)C2=O)cc1OC. The highest BCUT2D eigenvalue weighted by Crippen LogP contribution is 2.37. The first kappa shape index (κ1) is 19.9. The summed E-state index contributed by atoms with van der Waals surface area (Å²) in [6.45, 7) is 3.69. The number of hydrogen-bond acceptors (Lipinski definition) is 6. The number of carbonyl (C=O) groups excluding carboxylic acids is 2. The second kappa shape index (κ2) is 8.81. The fraction of sp³-hybridized carbons (Fsp3) is 0.235. The minimum absolute atomic E-state index is 0.142. The summed E-state index contributed by atoms with van der Waals surface area (Å²) in [7, 11) is 2.77. The van der Waals surface area contributed by atoms with Crippen LogP contribution in [0.3, 0.4) is 0 Å². The Morgan fingerprint density at radius 2 is 2.15 bits per heavy atom. The average molecular weight is 441 g/mol. The minimum Gasteiger partial charge on any atom is -0.493 e. The molecular weight excluding hydrogens is 424 g/mol. The Morgan fingerprint density at radius 1 is 1.42 bits per heavy atom. The van der Waals surface area contributed by atoms with E-state index in [4.69, 9.17) is 21.7 Å². The Hall–Kier alpha value is -2.39. The lowest BCUT2D eigenvalue weighted by atomic mass is 10.1. The number of benzene rings is 1. The van der Waals surface area contributed by atoms with Gasteiger partial charge in [-0.25, -0.2) is 0 Å². The van der Waals surface area contributed by atoms with Crippen LogP contribution in [0.4, 0.5) is 0 Å². The topological polar surface area (TPSA) is 77.1 Å². The number of ether oxygens (including phenoxy) is 3. The van der Waals surface area contributed by atoms with Crippen molar-refractivity contribution in [2.45, 2.75) is 0 Å². The number of thiocarbonyl (C=S) groups is 1. The normalized spacial score (nSPS) is 15.0. The molecule has 1 heterocycles. The zero-order chi connectivity index (χ0) is 19.3. The number of hydrogen-bond donors (Lipinski definition) is 1. The first-order valence-corrected chi connectivity index (χ1v) is 8.64. The number of amides is 1. The summed E-state index contributed by atoms with van der Waals surface area (Å²) in [5, 5.41) is 2.94. The van der Waals surface area contributed by atoms with E-state index in [2.05, 4.69) is 32.6 Å².